The zero-order valence-corrected chi connectivity index (χ0v) is 13.0. The first-order valence-electron chi connectivity index (χ1n) is 7.56. The number of benzene rings is 1. The van der Waals surface area contributed by atoms with E-state index in [-0.39, 0.29) is 17.5 Å². The number of rotatable bonds is 9. The second kappa shape index (κ2) is 9.28. The predicted molar refractivity (Wildman–Crippen MR) is 86.8 cm³/mol. The number of Topliss-reactive ketones (excluding diaryl/α,β-unsaturated/α-hetero) is 1. The third-order valence-electron chi connectivity index (χ3n) is 3.82. The molecule has 0 radical (unpaired) electrons. The molecule has 2 unspecified atom stereocenters. The molecule has 0 saturated heterocycles. The molecule has 2 heteroatoms. The van der Waals surface area contributed by atoms with Crippen molar-refractivity contribution in [3.8, 4) is 0 Å². The first-order chi connectivity index (χ1) is 10.0. The van der Waals surface area contributed by atoms with Crippen molar-refractivity contribution >= 4 is 5.78 Å². The van der Waals surface area contributed by atoms with Crippen LogP contribution >= 0.6 is 0 Å². The Bertz CT molecular complexity index is 473. The van der Waals surface area contributed by atoms with Crippen molar-refractivity contribution in [2.45, 2.75) is 45.4 Å². The lowest BCUT2D eigenvalue weighted by atomic mass is 9.95. The van der Waals surface area contributed by atoms with Crippen LogP contribution in [0.4, 0.5) is 4.39 Å². The normalized spacial score (nSPS) is 14.0. The SMILES string of the molecule is C=CCC(C/C=C/CCC(C)c1ccc(F)cc1)C(C)=O. The topological polar surface area (TPSA) is 17.1 Å². The van der Waals surface area contributed by atoms with Gasteiger partial charge in [-0.3, -0.25) is 4.79 Å². The molecular formula is C19H25FO. The van der Waals surface area contributed by atoms with Crippen molar-refractivity contribution in [2.24, 2.45) is 5.92 Å². The van der Waals surface area contributed by atoms with Gasteiger partial charge in [0.25, 0.3) is 0 Å². The summed E-state index contributed by atoms with van der Waals surface area (Å²) in [5.41, 5.74) is 1.16. The zero-order valence-electron chi connectivity index (χ0n) is 13.0. The molecule has 1 aromatic carbocycles. The van der Waals surface area contributed by atoms with Crippen LogP contribution in [0.25, 0.3) is 0 Å². The van der Waals surface area contributed by atoms with Crippen molar-refractivity contribution in [1.82, 2.24) is 0 Å². The van der Waals surface area contributed by atoms with Gasteiger partial charge in [0.2, 0.25) is 0 Å². The maximum absolute atomic E-state index is 12.9. The Balaban J connectivity index is 2.35. The lowest BCUT2D eigenvalue weighted by Gasteiger charge is -2.10. The fourth-order valence-corrected chi connectivity index (χ4v) is 2.31. The third-order valence-corrected chi connectivity index (χ3v) is 3.82. The van der Waals surface area contributed by atoms with Gasteiger partial charge in [-0.2, -0.15) is 0 Å². The highest BCUT2D eigenvalue weighted by atomic mass is 19.1. The van der Waals surface area contributed by atoms with Gasteiger partial charge in [-0.25, -0.2) is 4.39 Å². The number of hydrogen-bond acceptors (Lipinski definition) is 1. The maximum Gasteiger partial charge on any atom is 0.133 e. The van der Waals surface area contributed by atoms with Gasteiger partial charge in [-0.05, 0) is 56.2 Å². The fourth-order valence-electron chi connectivity index (χ4n) is 2.31. The molecule has 21 heavy (non-hydrogen) atoms. The summed E-state index contributed by atoms with van der Waals surface area (Å²) in [7, 11) is 0. The van der Waals surface area contributed by atoms with Crippen LogP contribution in [0, 0.1) is 11.7 Å². The first kappa shape index (κ1) is 17.4. The molecule has 2 atom stereocenters. The fraction of sp³-hybridized carbons (Fsp3) is 0.421. The highest BCUT2D eigenvalue weighted by molar-refractivity contribution is 5.78. The van der Waals surface area contributed by atoms with E-state index in [9.17, 15) is 9.18 Å². The second-order valence-electron chi connectivity index (χ2n) is 5.57. The van der Waals surface area contributed by atoms with Crippen LogP contribution in [-0.4, -0.2) is 5.78 Å². The van der Waals surface area contributed by atoms with E-state index in [1.807, 2.05) is 12.1 Å². The summed E-state index contributed by atoms with van der Waals surface area (Å²) in [6.45, 7) is 7.47. The van der Waals surface area contributed by atoms with Crippen molar-refractivity contribution < 1.29 is 9.18 Å². The minimum absolute atomic E-state index is 0.0632. The molecule has 0 spiro atoms. The monoisotopic (exact) mass is 288 g/mol. The Morgan fingerprint density at radius 2 is 1.90 bits per heavy atom. The first-order valence-corrected chi connectivity index (χ1v) is 7.56. The molecule has 0 aliphatic rings. The van der Waals surface area contributed by atoms with Gasteiger partial charge >= 0.3 is 0 Å². The Morgan fingerprint density at radius 1 is 1.24 bits per heavy atom. The molecule has 0 amide bonds. The minimum atomic E-state index is -0.191. The van der Waals surface area contributed by atoms with E-state index >= 15 is 0 Å². The molecule has 0 saturated carbocycles. The number of allylic oxidation sites excluding steroid dienone is 3. The molecule has 0 aliphatic heterocycles. The Hall–Kier alpha value is -1.70. The molecule has 1 aromatic rings. The predicted octanol–water partition coefficient (Wildman–Crippen LogP) is 5.44. The highest BCUT2D eigenvalue weighted by Crippen LogP contribution is 2.21. The van der Waals surface area contributed by atoms with E-state index in [4.69, 9.17) is 0 Å². The van der Waals surface area contributed by atoms with Crippen LogP contribution in [0.5, 0.6) is 0 Å². The van der Waals surface area contributed by atoms with E-state index in [0.717, 1.165) is 31.2 Å². The zero-order chi connectivity index (χ0) is 15.7. The number of carbonyl (C=O) groups is 1. The van der Waals surface area contributed by atoms with Crippen LogP contribution in [-0.2, 0) is 4.79 Å². The second-order valence-corrected chi connectivity index (χ2v) is 5.57. The summed E-state index contributed by atoms with van der Waals surface area (Å²) in [5.74, 6) is 0.503. The van der Waals surface area contributed by atoms with Crippen LogP contribution in [0.3, 0.4) is 0 Å². The summed E-state index contributed by atoms with van der Waals surface area (Å²) in [6.07, 6.45) is 9.55. The number of carbonyl (C=O) groups excluding carboxylic acids is 1. The van der Waals surface area contributed by atoms with Crippen LogP contribution in [0.2, 0.25) is 0 Å². The summed E-state index contributed by atoms with van der Waals surface area (Å²) in [4.78, 5) is 11.4. The van der Waals surface area contributed by atoms with E-state index in [1.165, 1.54) is 12.1 Å². The number of ketones is 1. The van der Waals surface area contributed by atoms with E-state index in [0.29, 0.717) is 5.92 Å². The van der Waals surface area contributed by atoms with Crippen molar-refractivity contribution in [3.05, 3.63) is 60.5 Å². The van der Waals surface area contributed by atoms with Gasteiger partial charge in [-0.1, -0.05) is 37.3 Å². The van der Waals surface area contributed by atoms with Crippen LogP contribution in [0.15, 0.2) is 49.1 Å². The summed E-state index contributed by atoms with van der Waals surface area (Å²) in [6, 6.07) is 6.71. The van der Waals surface area contributed by atoms with Crippen molar-refractivity contribution in [3.63, 3.8) is 0 Å². The van der Waals surface area contributed by atoms with Gasteiger partial charge in [0.1, 0.15) is 11.6 Å². The Kier molecular flexibility index (Phi) is 7.66. The molecule has 0 N–H and O–H groups in total. The molecule has 0 bridgehead atoms. The summed E-state index contributed by atoms with van der Waals surface area (Å²) in [5, 5.41) is 0. The minimum Gasteiger partial charge on any atom is -0.300 e. The van der Waals surface area contributed by atoms with Gasteiger partial charge in [0, 0.05) is 5.92 Å². The van der Waals surface area contributed by atoms with Crippen LogP contribution < -0.4 is 0 Å². The Morgan fingerprint density at radius 3 is 2.48 bits per heavy atom. The molecule has 0 aromatic heterocycles. The molecule has 114 valence electrons. The average Bonchev–Trinajstić information content (AvgIpc) is 2.46. The average molecular weight is 288 g/mol. The van der Waals surface area contributed by atoms with E-state index in [2.05, 4.69) is 25.7 Å². The van der Waals surface area contributed by atoms with Crippen LogP contribution in [0.1, 0.15) is 51.0 Å². The molecule has 0 heterocycles. The molecule has 1 nitrogen and oxygen atoms in total. The lowest BCUT2D eigenvalue weighted by molar-refractivity contribution is -0.120. The van der Waals surface area contributed by atoms with Crippen molar-refractivity contribution in [2.75, 3.05) is 0 Å². The van der Waals surface area contributed by atoms with Gasteiger partial charge in [0.15, 0.2) is 0 Å². The Labute approximate surface area is 127 Å². The summed E-state index contributed by atoms with van der Waals surface area (Å²) >= 11 is 0. The van der Waals surface area contributed by atoms with E-state index in [1.54, 1.807) is 13.0 Å². The molecule has 0 aliphatic carbocycles. The highest BCUT2D eigenvalue weighted by Gasteiger charge is 2.10. The largest absolute Gasteiger partial charge is 0.300 e. The maximum atomic E-state index is 12.9. The summed E-state index contributed by atoms with van der Waals surface area (Å²) < 4.78 is 12.9. The van der Waals surface area contributed by atoms with Gasteiger partial charge in [0.05, 0.1) is 0 Å². The standard InChI is InChI=1S/C19H25FO/c1-4-8-18(16(3)21)10-7-5-6-9-15(2)17-11-13-19(20)14-12-17/h4-5,7,11-15,18H,1,6,8-10H2,2-3H3/b7-5+. The van der Waals surface area contributed by atoms with Crippen molar-refractivity contribution in [1.29, 1.82) is 0 Å². The molecule has 0 fully saturated rings. The van der Waals surface area contributed by atoms with Gasteiger partial charge < -0.3 is 0 Å². The lowest BCUT2D eigenvalue weighted by Crippen LogP contribution is -2.08. The number of halogens is 1. The van der Waals surface area contributed by atoms with Gasteiger partial charge in [-0.15, -0.1) is 6.58 Å². The molecular weight excluding hydrogens is 263 g/mol. The number of hydrogen-bond donors (Lipinski definition) is 0. The third kappa shape index (κ3) is 6.52. The van der Waals surface area contributed by atoms with E-state index < -0.39 is 0 Å². The quantitative estimate of drug-likeness (QED) is 0.553. The molecule has 1 rings (SSSR count). The smallest absolute Gasteiger partial charge is 0.133 e.